The summed E-state index contributed by atoms with van der Waals surface area (Å²) in [7, 11) is 0. The highest BCUT2D eigenvalue weighted by Crippen LogP contribution is 2.34. The predicted octanol–water partition coefficient (Wildman–Crippen LogP) is 4.94. The van der Waals surface area contributed by atoms with Crippen molar-refractivity contribution in [1.29, 1.82) is 0 Å². The molecule has 0 radical (unpaired) electrons. The van der Waals surface area contributed by atoms with E-state index in [9.17, 15) is 9.59 Å². The Morgan fingerprint density at radius 2 is 1.90 bits per heavy atom. The van der Waals surface area contributed by atoms with Gasteiger partial charge in [0.25, 0.3) is 0 Å². The molecule has 166 valence electrons. The van der Waals surface area contributed by atoms with Crippen LogP contribution in [0.1, 0.15) is 49.4 Å². The van der Waals surface area contributed by atoms with Gasteiger partial charge in [0.15, 0.2) is 5.78 Å². The second kappa shape index (κ2) is 10.5. The van der Waals surface area contributed by atoms with Gasteiger partial charge in [-0.25, -0.2) is 4.98 Å². The first-order chi connectivity index (χ1) is 14.7. The van der Waals surface area contributed by atoms with Crippen LogP contribution >= 0.6 is 23.2 Å². The lowest BCUT2D eigenvalue weighted by Gasteiger charge is -2.17. The van der Waals surface area contributed by atoms with Gasteiger partial charge < -0.3 is 11.1 Å². The number of nitrogens with two attached hydrogens (primary N) is 1. The third kappa shape index (κ3) is 6.68. The number of nitrogens with one attached hydrogen (secondary N) is 1. The second-order valence-electron chi connectivity index (χ2n) is 8.54. The first-order valence-corrected chi connectivity index (χ1v) is 11.5. The average Bonchev–Trinajstić information content (AvgIpc) is 3.14. The molecule has 31 heavy (non-hydrogen) atoms. The summed E-state index contributed by atoms with van der Waals surface area (Å²) in [6.45, 7) is 3.64. The number of ketones is 1. The maximum absolute atomic E-state index is 12.7. The molecular formula is C24H29Cl2N3O2. The number of carbonyl (C=O) groups excluding carboxylic acids is 2. The van der Waals surface area contributed by atoms with Crippen molar-refractivity contribution in [2.45, 2.75) is 58.4 Å². The predicted molar refractivity (Wildman–Crippen MR) is 125 cm³/mol. The molecule has 1 fully saturated rings. The molecule has 1 aliphatic rings. The molecular weight excluding hydrogens is 433 g/mol. The van der Waals surface area contributed by atoms with E-state index in [2.05, 4.69) is 10.3 Å². The molecule has 3 rings (SSSR count). The summed E-state index contributed by atoms with van der Waals surface area (Å²) in [6.07, 6.45) is 4.43. The zero-order chi connectivity index (χ0) is 22.5. The number of rotatable bonds is 8. The number of hydrogen-bond acceptors (Lipinski definition) is 4. The molecule has 0 aliphatic heterocycles. The Labute approximate surface area is 193 Å². The van der Waals surface area contributed by atoms with Crippen molar-refractivity contribution < 1.29 is 9.59 Å². The highest BCUT2D eigenvalue weighted by Gasteiger charge is 2.31. The zero-order valence-corrected chi connectivity index (χ0v) is 19.5. The van der Waals surface area contributed by atoms with Crippen LogP contribution < -0.4 is 11.1 Å². The molecule has 0 unspecified atom stereocenters. The lowest BCUT2D eigenvalue weighted by atomic mass is 9.96. The van der Waals surface area contributed by atoms with Crippen molar-refractivity contribution in [2.75, 3.05) is 5.73 Å². The topological polar surface area (TPSA) is 85.1 Å². The fourth-order valence-electron chi connectivity index (χ4n) is 4.32. The highest BCUT2D eigenvalue weighted by atomic mass is 35.5. The fourth-order valence-corrected chi connectivity index (χ4v) is 4.89. The van der Waals surface area contributed by atoms with Gasteiger partial charge >= 0.3 is 0 Å². The molecule has 3 atom stereocenters. The third-order valence-electron chi connectivity index (χ3n) is 6.06. The van der Waals surface area contributed by atoms with E-state index in [1.165, 1.54) is 0 Å². The number of aryl methyl sites for hydroxylation is 2. The lowest BCUT2D eigenvalue weighted by Crippen LogP contribution is -2.41. The molecule has 1 heterocycles. The molecule has 1 saturated carbocycles. The second-order valence-corrected chi connectivity index (χ2v) is 9.41. The van der Waals surface area contributed by atoms with Crippen LogP contribution in [0.15, 0.2) is 30.3 Å². The van der Waals surface area contributed by atoms with Gasteiger partial charge in [-0.05, 0) is 87.3 Å². The third-order valence-corrected chi connectivity index (χ3v) is 6.49. The van der Waals surface area contributed by atoms with E-state index in [1.54, 1.807) is 19.1 Å². The van der Waals surface area contributed by atoms with Gasteiger partial charge in [0.05, 0.1) is 6.04 Å². The summed E-state index contributed by atoms with van der Waals surface area (Å²) in [5, 5.41) is 4.18. The first-order valence-electron chi connectivity index (χ1n) is 10.7. The Morgan fingerprint density at radius 3 is 2.58 bits per heavy atom. The van der Waals surface area contributed by atoms with Crippen molar-refractivity contribution in [3.63, 3.8) is 0 Å². The van der Waals surface area contributed by atoms with E-state index >= 15 is 0 Å². The van der Waals surface area contributed by atoms with Crippen molar-refractivity contribution >= 4 is 40.7 Å². The van der Waals surface area contributed by atoms with Crippen molar-refractivity contribution in [2.24, 2.45) is 11.8 Å². The van der Waals surface area contributed by atoms with E-state index in [4.69, 9.17) is 28.9 Å². The standard InChI is InChI=1S/C24H29Cl2N3O2/c1-14-18(6-8-23(27)28-14)5-7-22(30)15(2)29-24(31)19-4-3-16(10-19)9-17-11-20(25)13-21(26)12-17/h6,8,11-13,15-16,19H,3-5,7,9-10H2,1-2H3,(H2,27,28)(H,29,31)/t15-,16-,19+/m0/s1. The molecule has 0 saturated heterocycles. The van der Waals surface area contributed by atoms with Crippen molar-refractivity contribution in [1.82, 2.24) is 10.3 Å². The monoisotopic (exact) mass is 461 g/mol. The molecule has 1 aromatic carbocycles. The molecule has 0 bridgehead atoms. The summed E-state index contributed by atoms with van der Waals surface area (Å²) < 4.78 is 0. The molecule has 2 aromatic rings. The summed E-state index contributed by atoms with van der Waals surface area (Å²) in [6, 6.07) is 8.73. The summed E-state index contributed by atoms with van der Waals surface area (Å²) >= 11 is 12.2. The maximum atomic E-state index is 12.7. The molecule has 5 nitrogen and oxygen atoms in total. The number of Topliss-reactive ketones (excluding diaryl/α,β-unsaturated/α-hetero) is 1. The van der Waals surface area contributed by atoms with Crippen LogP contribution in [0.3, 0.4) is 0 Å². The Bertz CT molecular complexity index is 944. The van der Waals surface area contributed by atoms with Crippen LogP contribution in [0.4, 0.5) is 5.82 Å². The van der Waals surface area contributed by atoms with Crippen LogP contribution in [0, 0.1) is 18.8 Å². The number of aromatic nitrogens is 1. The Hall–Kier alpha value is -2.11. The SMILES string of the molecule is Cc1nc(N)ccc1CCC(=O)[C@H](C)NC(=O)[C@@H]1CC[C@@H](Cc2cc(Cl)cc(Cl)c2)C1. The molecule has 0 spiro atoms. The number of benzene rings is 1. The van der Waals surface area contributed by atoms with Gasteiger partial charge in [0.2, 0.25) is 5.91 Å². The van der Waals surface area contributed by atoms with E-state index < -0.39 is 6.04 Å². The van der Waals surface area contributed by atoms with E-state index in [0.717, 1.165) is 42.5 Å². The number of pyridine rings is 1. The Kier molecular flexibility index (Phi) is 7.95. The minimum Gasteiger partial charge on any atom is -0.384 e. The van der Waals surface area contributed by atoms with Crippen LogP contribution in [-0.2, 0) is 22.4 Å². The fraction of sp³-hybridized carbons (Fsp3) is 0.458. The molecule has 1 amide bonds. The lowest BCUT2D eigenvalue weighted by molar-refractivity contribution is -0.129. The summed E-state index contributed by atoms with van der Waals surface area (Å²) in [4.78, 5) is 29.5. The molecule has 1 aromatic heterocycles. The maximum Gasteiger partial charge on any atom is 0.223 e. The smallest absolute Gasteiger partial charge is 0.223 e. The van der Waals surface area contributed by atoms with Gasteiger partial charge in [0, 0.05) is 28.1 Å². The number of halogens is 2. The number of carbonyl (C=O) groups is 2. The van der Waals surface area contributed by atoms with Crippen LogP contribution in [0.5, 0.6) is 0 Å². The normalized spacial score (nSPS) is 19.2. The van der Waals surface area contributed by atoms with Gasteiger partial charge in [-0.3, -0.25) is 9.59 Å². The average molecular weight is 462 g/mol. The largest absolute Gasteiger partial charge is 0.384 e. The number of nitrogens with zero attached hydrogens (tertiary/aromatic N) is 1. The molecule has 1 aliphatic carbocycles. The van der Waals surface area contributed by atoms with Crippen molar-refractivity contribution in [3.8, 4) is 0 Å². The van der Waals surface area contributed by atoms with Crippen molar-refractivity contribution in [3.05, 3.63) is 57.2 Å². The zero-order valence-electron chi connectivity index (χ0n) is 18.0. The Morgan fingerprint density at radius 1 is 1.19 bits per heavy atom. The van der Waals surface area contributed by atoms with E-state index in [1.807, 2.05) is 25.1 Å². The number of amides is 1. The quantitative estimate of drug-likeness (QED) is 0.582. The summed E-state index contributed by atoms with van der Waals surface area (Å²) in [5.41, 5.74) is 8.61. The first kappa shape index (κ1) is 23.6. The van der Waals surface area contributed by atoms with Crippen LogP contribution in [0.25, 0.3) is 0 Å². The summed E-state index contributed by atoms with van der Waals surface area (Å²) in [5.74, 6) is 0.822. The van der Waals surface area contributed by atoms with Gasteiger partial charge in [-0.15, -0.1) is 0 Å². The molecule has 7 heteroatoms. The van der Waals surface area contributed by atoms with Gasteiger partial charge in [-0.1, -0.05) is 29.3 Å². The Balaban J connectivity index is 1.46. The van der Waals surface area contributed by atoms with Crippen LogP contribution in [0.2, 0.25) is 10.0 Å². The highest BCUT2D eigenvalue weighted by molar-refractivity contribution is 6.34. The van der Waals surface area contributed by atoms with Gasteiger partial charge in [0.1, 0.15) is 5.82 Å². The van der Waals surface area contributed by atoms with E-state index in [0.29, 0.717) is 34.6 Å². The number of nitrogen functional groups attached to an aromatic ring is 1. The van der Waals surface area contributed by atoms with E-state index in [-0.39, 0.29) is 17.6 Å². The van der Waals surface area contributed by atoms with Crippen LogP contribution in [-0.4, -0.2) is 22.7 Å². The number of anilines is 1. The minimum absolute atomic E-state index is 0.0210. The molecule has 3 N–H and O–H groups in total. The minimum atomic E-state index is -0.500. The van der Waals surface area contributed by atoms with Gasteiger partial charge in [-0.2, -0.15) is 0 Å². The number of hydrogen-bond donors (Lipinski definition) is 2.